The van der Waals surface area contributed by atoms with Gasteiger partial charge >= 0.3 is 11.9 Å². The molecule has 1 rings (SSSR count). The van der Waals surface area contributed by atoms with E-state index in [1.807, 2.05) is 0 Å². The Labute approximate surface area is 384 Å². The number of hydrogen-bond acceptors (Lipinski definition) is 11. The van der Waals surface area contributed by atoms with Gasteiger partial charge in [-0.05, 0) is 38.5 Å². The van der Waals surface area contributed by atoms with E-state index in [-0.39, 0.29) is 19.4 Å². The molecule has 0 aromatic carbocycles. The van der Waals surface area contributed by atoms with Gasteiger partial charge in [0.05, 0.1) is 6.61 Å². The zero-order valence-electron chi connectivity index (χ0n) is 40.0. The molecular weight excluding hydrogens is 825 g/mol. The predicted molar refractivity (Wildman–Crippen MR) is 252 cm³/mol. The molecule has 1 heterocycles. The molecule has 1 fully saturated rings. The van der Waals surface area contributed by atoms with E-state index in [2.05, 4.69) is 26.0 Å². The fourth-order valence-electron chi connectivity index (χ4n) is 8.09. The van der Waals surface area contributed by atoms with Crippen LogP contribution >= 0.6 is 0 Å². The molecule has 0 spiro atoms. The number of rotatable bonds is 44. The van der Waals surface area contributed by atoms with Crippen molar-refractivity contribution in [1.29, 1.82) is 0 Å². The predicted octanol–water partition coefficient (Wildman–Crippen LogP) is 11.4. The summed E-state index contributed by atoms with van der Waals surface area (Å²) in [6.45, 7) is 3.79. The van der Waals surface area contributed by atoms with E-state index in [1.54, 1.807) is 0 Å². The molecule has 372 valence electrons. The second kappa shape index (κ2) is 40.6. The number of aliphatic hydroxyl groups excluding tert-OH is 3. The molecule has 0 saturated carbocycles. The third-order valence-corrected chi connectivity index (χ3v) is 12.8. The van der Waals surface area contributed by atoms with Crippen LogP contribution in [0.1, 0.15) is 239 Å². The maximum Gasteiger partial charge on any atom is 0.306 e. The first kappa shape index (κ1) is 59.4. The molecule has 0 radical (unpaired) electrons. The Morgan fingerprint density at radius 1 is 0.524 bits per heavy atom. The van der Waals surface area contributed by atoms with Gasteiger partial charge in [-0.15, -0.1) is 0 Å². The molecular formula is C50H94O12S. The molecule has 0 aromatic rings. The molecule has 6 atom stereocenters. The molecule has 63 heavy (non-hydrogen) atoms. The number of carbonyl (C=O) groups is 2. The molecule has 0 aliphatic carbocycles. The molecule has 1 aliphatic rings. The van der Waals surface area contributed by atoms with Crippen LogP contribution < -0.4 is 0 Å². The first-order valence-electron chi connectivity index (χ1n) is 25.7. The summed E-state index contributed by atoms with van der Waals surface area (Å²) in [5.74, 6) is -1.97. The van der Waals surface area contributed by atoms with Crippen molar-refractivity contribution in [3.63, 3.8) is 0 Å². The van der Waals surface area contributed by atoms with E-state index in [9.17, 15) is 37.9 Å². The second-order valence-electron chi connectivity index (χ2n) is 18.2. The van der Waals surface area contributed by atoms with Crippen LogP contribution in [0, 0.1) is 0 Å². The lowest BCUT2D eigenvalue weighted by Crippen LogP contribution is -2.60. The smallest absolute Gasteiger partial charge is 0.306 e. The van der Waals surface area contributed by atoms with Crippen molar-refractivity contribution in [1.82, 2.24) is 0 Å². The van der Waals surface area contributed by atoms with Crippen molar-refractivity contribution < 1.29 is 56.8 Å². The van der Waals surface area contributed by atoms with E-state index in [4.69, 9.17) is 18.9 Å². The SMILES string of the molecule is CCCCCCCC/C=C/CCCCCCCCCC(=O)OC[C@H](CO[C@H]1O[C@H](CS(=O)(=O)O)[C@@H](O)C(O)C1O)OC(=O)CCCCCCCCCCCCCCCCCCCC. The minimum atomic E-state index is -4.60. The van der Waals surface area contributed by atoms with Gasteiger partial charge < -0.3 is 34.3 Å². The van der Waals surface area contributed by atoms with Gasteiger partial charge in [-0.25, -0.2) is 0 Å². The molecule has 4 N–H and O–H groups in total. The van der Waals surface area contributed by atoms with Gasteiger partial charge in [0.15, 0.2) is 12.4 Å². The third-order valence-electron chi connectivity index (χ3n) is 12.1. The summed E-state index contributed by atoms with van der Waals surface area (Å²) in [6.07, 6.45) is 35.3. The Morgan fingerprint density at radius 3 is 1.32 bits per heavy atom. The Hall–Kier alpha value is -1.61. The summed E-state index contributed by atoms with van der Waals surface area (Å²) in [5, 5.41) is 31.0. The lowest BCUT2D eigenvalue weighted by Gasteiger charge is -2.40. The molecule has 0 bridgehead atoms. The van der Waals surface area contributed by atoms with Crippen LogP contribution in [0.4, 0.5) is 0 Å². The Bertz CT molecular complexity index is 1210. The first-order chi connectivity index (χ1) is 30.5. The highest BCUT2D eigenvalue weighted by atomic mass is 32.2. The highest BCUT2D eigenvalue weighted by molar-refractivity contribution is 7.85. The number of carbonyl (C=O) groups excluding carboxylic acids is 2. The number of ether oxygens (including phenoxy) is 4. The van der Waals surface area contributed by atoms with Crippen molar-refractivity contribution in [3.8, 4) is 0 Å². The maximum atomic E-state index is 12.9. The summed E-state index contributed by atoms with van der Waals surface area (Å²) < 4.78 is 54.2. The van der Waals surface area contributed by atoms with Crippen LogP contribution in [0.15, 0.2) is 12.2 Å². The van der Waals surface area contributed by atoms with Crippen LogP contribution in [0.3, 0.4) is 0 Å². The maximum absolute atomic E-state index is 12.9. The second-order valence-corrected chi connectivity index (χ2v) is 19.7. The van der Waals surface area contributed by atoms with Gasteiger partial charge in [0.2, 0.25) is 0 Å². The summed E-state index contributed by atoms with van der Waals surface area (Å²) in [7, 11) is -4.60. The molecule has 2 unspecified atom stereocenters. The highest BCUT2D eigenvalue weighted by Crippen LogP contribution is 2.24. The van der Waals surface area contributed by atoms with E-state index in [0.29, 0.717) is 12.8 Å². The normalized spacial score (nSPS) is 19.7. The number of unbranched alkanes of at least 4 members (excludes halogenated alkanes) is 30. The lowest BCUT2D eigenvalue weighted by molar-refractivity contribution is -0.297. The highest BCUT2D eigenvalue weighted by Gasteiger charge is 2.46. The number of allylic oxidation sites excluding steroid dienone is 2. The van der Waals surface area contributed by atoms with Gasteiger partial charge in [-0.3, -0.25) is 14.1 Å². The van der Waals surface area contributed by atoms with Gasteiger partial charge in [0, 0.05) is 12.8 Å². The lowest BCUT2D eigenvalue weighted by atomic mass is 10.00. The van der Waals surface area contributed by atoms with Crippen molar-refractivity contribution in [2.75, 3.05) is 19.0 Å². The monoisotopic (exact) mass is 919 g/mol. The van der Waals surface area contributed by atoms with Gasteiger partial charge in [-0.1, -0.05) is 199 Å². The van der Waals surface area contributed by atoms with E-state index in [0.717, 1.165) is 44.9 Å². The average molecular weight is 919 g/mol. The first-order valence-corrected chi connectivity index (χ1v) is 27.4. The molecule has 0 aromatic heterocycles. The zero-order valence-corrected chi connectivity index (χ0v) is 40.8. The Morgan fingerprint density at radius 2 is 0.905 bits per heavy atom. The van der Waals surface area contributed by atoms with Gasteiger partial charge in [-0.2, -0.15) is 8.42 Å². The van der Waals surface area contributed by atoms with Crippen LogP contribution in [-0.2, 0) is 38.7 Å². The molecule has 13 heteroatoms. The van der Waals surface area contributed by atoms with E-state index in [1.165, 1.54) is 154 Å². The molecule has 0 amide bonds. The Balaban J connectivity index is 2.37. The Kier molecular flexibility index (Phi) is 38.3. The number of esters is 2. The minimum absolute atomic E-state index is 0.170. The summed E-state index contributed by atoms with van der Waals surface area (Å²) in [4.78, 5) is 25.5. The number of aliphatic hydroxyl groups is 3. The van der Waals surface area contributed by atoms with Crippen molar-refractivity contribution in [2.24, 2.45) is 0 Å². The van der Waals surface area contributed by atoms with Gasteiger partial charge in [0.25, 0.3) is 10.1 Å². The summed E-state index contributed by atoms with van der Waals surface area (Å²) >= 11 is 0. The molecule has 1 saturated heterocycles. The van der Waals surface area contributed by atoms with Crippen LogP contribution in [0.2, 0.25) is 0 Å². The quantitative estimate of drug-likeness (QED) is 0.0196. The third kappa shape index (κ3) is 35.3. The summed E-state index contributed by atoms with van der Waals surface area (Å²) in [6, 6.07) is 0. The fraction of sp³-hybridized carbons (Fsp3) is 0.920. The largest absolute Gasteiger partial charge is 0.462 e. The van der Waals surface area contributed by atoms with Crippen molar-refractivity contribution in [2.45, 2.75) is 275 Å². The minimum Gasteiger partial charge on any atom is -0.462 e. The standard InChI is InChI=1S/C50H94O12S/c1-3-5-7-9-11-13-15-17-19-21-23-25-27-29-31-33-35-37-39-46(52)61-43(41-60-50-49(55)48(54)47(53)44(62-50)42-63(56,57)58)40-59-45(51)38-36-34-32-30-28-26-24-22-20-18-16-14-12-10-8-6-4-2/h18,20,43-44,47-50,53-55H,3-17,19,21-42H2,1-2H3,(H,56,57,58)/b20-18+/t43-,44-,47-,48?,49?,50+/m1/s1. The average Bonchev–Trinajstić information content (AvgIpc) is 3.25. The van der Waals surface area contributed by atoms with Crippen molar-refractivity contribution >= 4 is 22.1 Å². The van der Waals surface area contributed by atoms with Crippen LogP contribution in [0.25, 0.3) is 0 Å². The fourth-order valence-corrected chi connectivity index (χ4v) is 8.78. The molecule has 1 aliphatic heterocycles. The number of hydrogen-bond donors (Lipinski definition) is 4. The zero-order chi connectivity index (χ0) is 46.2. The van der Waals surface area contributed by atoms with E-state index < -0.39 is 71.2 Å². The van der Waals surface area contributed by atoms with Crippen molar-refractivity contribution in [3.05, 3.63) is 12.2 Å². The van der Waals surface area contributed by atoms with E-state index >= 15 is 0 Å². The van der Waals surface area contributed by atoms with Gasteiger partial charge in [0.1, 0.15) is 36.8 Å². The molecule has 12 nitrogen and oxygen atoms in total. The topological polar surface area (TPSA) is 186 Å². The summed E-state index contributed by atoms with van der Waals surface area (Å²) in [5.41, 5.74) is 0. The van der Waals surface area contributed by atoms with Crippen LogP contribution in [-0.4, -0.2) is 96.0 Å². The van der Waals surface area contributed by atoms with Crippen LogP contribution in [0.5, 0.6) is 0 Å².